The molecule has 138 valence electrons. The first-order chi connectivity index (χ1) is 12.5. The van der Waals surface area contributed by atoms with Crippen LogP contribution in [0.25, 0.3) is 0 Å². The zero-order valence-corrected chi connectivity index (χ0v) is 15.0. The molecule has 2 aromatic carbocycles. The molecule has 0 spiro atoms. The van der Waals surface area contributed by atoms with Crippen LogP contribution in [0, 0.1) is 0 Å². The lowest BCUT2D eigenvalue weighted by molar-refractivity contribution is -0.124. The first-order valence-electron chi connectivity index (χ1n) is 8.54. The van der Waals surface area contributed by atoms with Gasteiger partial charge in [-0.15, -0.1) is 0 Å². The zero-order chi connectivity index (χ0) is 18.8. The number of carbonyl (C=O) groups is 2. The summed E-state index contributed by atoms with van der Waals surface area (Å²) in [6, 6.07) is 16.4. The summed E-state index contributed by atoms with van der Waals surface area (Å²) in [6.45, 7) is 3.97. The normalized spacial score (nSPS) is 10.3. The Hall–Kier alpha value is -3.02. The van der Waals surface area contributed by atoms with E-state index in [9.17, 15) is 9.59 Å². The minimum atomic E-state index is -0.317. The molecule has 0 aliphatic rings. The number of benzene rings is 2. The van der Waals surface area contributed by atoms with Crippen molar-refractivity contribution >= 4 is 17.5 Å². The first kappa shape index (κ1) is 19.3. The van der Waals surface area contributed by atoms with Crippen molar-refractivity contribution in [2.45, 2.75) is 26.4 Å². The average Bonchev–Trinajstić information content (AvgIpc) is 2.62. The second kappa shape index (κ2) is 10.1. The van der Waals surface area contributed by atoms with Crippen molar-refractivity contribution in [3.05, 3.63) is 54.6 Å². The molecule has 0 aliphatic carbocycles. The third-order valence-corrected chi connectivity index (χ3v) is 3.31. The molecule has 2 N–H and O–H groups in total. The van der Waals surface area contributed by atoms with Crippen molar-refractivity contribution in [1.29, 1.82) is 0 Å². The predicted octanol–water partition coefficient (Wildman–Crippen LogP) is 3.00. The molecule has 6 heteroatoms. The molecule has 0 heterocycles. The van der Waals surface area contributed by atoms with Crippen LogP contribution in [0.15, 0.2) is 54.6 Å². The van der Waals surface area contributed by atoms with Gasteiger partial charge in [0.15, 0.2) is 0 Å². The van der Waals surface area contributed by atoms with Crippen molar-refractivity contribution in [2.75, 3.05) is 18.5 Å². The topological polar surface area (TPSA) is 76.7 Å². The van der Waals surface area contributed by atoms with Crippen LogP contribution in [0.1, 0.15) is 20.3 Å². The fraction of sp³-hybridized carbons (Fsp3) is 0.300. The first-order valence-corrected chi connectivity index (χ1v) is 8.54. The van der Waals surface area contributed by atoms with Gasteiger partial charge in [-0.2, -0.15) is 0 Å². The van der Waals surface area contributed by atoms with Gasteiger partial charge in [0.05, 0.1) is 31.4 Å². The Morgan fingerprint density at radius 1 is 0.962 bits per heavy atom. The van der Waals surface area contributed by atoms with Gasteiger partial charge in [0.25, 0.3) is 0 Å². The number of nitrogens with one attached hydrogen (secondary N) is 2. The summed E-state index contributed by atoms with van der Waals surface area (Å²) in [7, 11) is 0. The summed E-state index contributed by atoms with van der Waals surface area (Å²) in [5.41, 5.74) is 0.577. The van der Waals surface area contributed by atoms with E-state index in [-0.39, 0.29) is 37.5 Å². The Balaban J connectivity index is 1.72. The SMILES string of the molecule is CC(C)Oc1ccccc1NC(=O)CNC(=O)CCOc1ccccc1. The Morgan fingerprint density at radius 3 is 2.38 bits per heavy atom. The highest BCUT2D eigenvalue weighted by Crippen LogP contribution is 2.24. The largest absolute Gasteiger partial charge is 0.493 e. The van der Waals surface area contributed by atoms with Crippen LogP contribution in [-0.4, -0.2) is 31.1 Å². The molecule has 2 amide bonds. The van der Waals surface area contributed by atoms with Crippen molar-refractivity contribution in [1.82, 2.24) is 5.32 Å². The molecule has 2 rings (SSSR count). The third-order valence-electron chi connectivity index (χ3n) is 3.31. The summed E-state index contributed by atoms with van der Waals surface area (Å²) in [6.07, 6.45) is 0.173. The Morgan fingerprint density at radius 2 is 1.65 bits per heavy atom. The minimum Gasteiger partial charge on any atom is -0.493 e. The molecular weight excluding hydrogens is 332 g/mol. The summed E-state index contributed by atoms with van der Waals surface area (Å²) < 4.78 is 11.1. The molecule has 0 fully saturated rings. The van der Waals surface area contributed by atoms with Gasteiger partial charge in [0.1, 0.15) is 11.5 Å². The number of ether oxygens (including phenoxy) is 2. The van der Waals surface area contributed by atoms with E-state index in [0.717, 1.165) is 0 Å². The van der Waals surface area contributed by atoms with E-state index < -0.39 is 0 Å². The molecule has 6 nitrogen and oxygen atoms in total. The van der Waals surface area contributed by atoms with Gasteiger partial charge in [0, 0.05) is 0 Å². The molecule has 26 heavy (non-hydrogen) atoms. The average molecular weight is 356 g/mol. The number of hydrogen-bond donors (Lipinski definition) is 2. The number of amides is 2. The molecule has 2 aromatic rings. The molecule has 0 bridgehead atoms. The van der Waals surface area contributed by atoms with Gasteiger partial charge < -0.3 is 20.1 Å². The van der Waals surface area contributed by atoms with E-state index in [2.05, 4.69) is 10.6 Å². The van der Waals surface area contributed by atoms with E-state index in [1.807, 2.05) is 56.3 Å². The standard InChI is InChI=1S/C20H24N2O4/c1-15(2)26-18-11-7-6-10-17(18)22-20(24)14-21-19(23)12-13-25-16-8-4-3-5-9-16/h3-11,15H,12-14H2,1-2H3,(H,21,23)(H,22,24). The highest BCUT2D eigenvalue weighted by molar-refractivity contribution is 5.95. The number of rotatable bonds is 9. The summed E-state index contributed by atoms with van der Waals surface area (Å²) >= 11 is 0. The number of hydrogen-bond acceptors (Lipinski definition) is 4. The van der Waals surface area contributed by atoms with E-state index in [0.29, 0.717) is 17.2 Å². The van der Waals surface area contributed by atoms with Crippen molar-refractivity contribution in [2.24, 2.45) is 0 Å². The summed E-state index contributed by atoms with van der Waals surface area (Å²) in [4.78, 5) is 23.8. The molecule has 0 saturated heterocycles. The molecule has 0 unspecified atom stereocenters. The van der Waals surface area contributed by atoms with Crippen LogP contribution in [0.4, 0.5) is 5.69 Å². The quantitative estimate of drug-likeness (QED) is 0.724. The highest BCUT2D eigenvalue weighted by Gasteiger charge is 2.10. The second-order valence-corrected chi connectivity index (χ2v) is 5.90. The van der Waals surface area contributed by atoms with Crippen molar-refractivity contribution < 1.29 is 19.1 Å². The van der Waals surface area contributed by atoms with E-state index in [1.165, 1.54) is 0 Å². The summed E-state index contributed by atoms with van der Waals surface area (Å²) in [5.74, 6) is 0.739. The third kappa shape index (κ3) is 6.84. The fourth-order valence-electron chi connectivity index (χ4n) is 2.17. The maximum absolute atomic E-state index is 12.0. The Bertz CT molecular complexity index is 717. The van der Waals surface area contributed by atoms with Crippen LogP contribution in [0.5, 0.6) is 11.5 Å². The lowest BCUT2D eigenvalue weighted by Gasteiger charge is -2.15. The van der Waals surface area contributed by atoms with E-state index in [4.69, 9.17) is 9.47 Å². The molecular formula is C20H24N2O4. The van der Waals surface area contributed by atoms with E-state index in [1.54, 1.807) is 12.1 Å². The zero-order valence-electron chi connectivity index (χ0n) is 15.0. The van der Waals surface area contributed by atoms with Crippen LogP contribution in [0.2, 0.25) is 0 Å². The maximum atomic E-state index is 12.0. The number of anilines is 1. The molecule has 0 radical (unpaired) electrons. The van der Waals surface area contributed by atoms with Gasteiger partial charge in [-0.3, -0.25) is 9.59 Å². The smallest absolute Gasteiger partial charge is 0.243 e. The number of para-hydroxylation sites is 3. The van der Waals surface area contributed by atoms with Crippen LogP contribution >= 0.6 is 0 Å². The molecule has 0 saturated carbocycles. The lowest BCUT2D eigenvalue weighted by Crippen LogP contribution is -2.33. The molecule has 0 aliphatic heterocycles. The monoisotopic (exact) mass is 356 g/mol. The van der Waals surface area contributed by atoms with Gasteiger partial charge in [-0.25, -0.2) is 0 Å². The van der Waals surface area contributed by atoms with Gasteiger partial charge in [-0.1, -0.05) is 30.3 Å². The second-order valence-electron chi connectivity index (χ2n) is 5.90. The maximum Gasteiger partial charge on any atom is 0.243 e. The fourth-order valence-corrected chi connectivity index (χ4v) is 2.17. The number of carbonyl (C=O) groups excluding carboxylic acids is 2. The van der Waals surface area contributed by atoms with Gasteiger partial charge >= 0.3 is 0 Å². The highest BCUT2D eigenvalue weighted by atomic mass is 16.5. The van der Waals surface area contributed by atoms with Crippen LogP contribution in [0.3, 0.4) is 0 Å². The van der Waals surface area contributed by atoms with Gasteiger partial charge in [0.2, 0.25) is 11.8 Å². The van der Waals surface area contributed by atoms with Crippen LogP contribution in [-0.2, 0) is 9.59 Å². The molecule has 0 aromatic heterocycles. The van der Waals surface area contributed by atoms with Gasteiger partial charge in [-0.05, 0) is 38.1 Å². The lowest BCUT2D eigenvalue weighted by atomic mass is 10.3. The minimum absolute atomic E-state index is 0.00244. The predicted molar refractivity (Wildman–Crippen MR) is 100 cm³/mol. The van der Waals surface area contributed by atoms with Crippen molar-refractivity contribution in [3.8, 4) is 11.5 Å². The Labute approximate surface area is 153 Å². The Kier molecular flexibility index (Phi) is 7.49. The van der Waals surface area contributed by atoms with Crippen molar-refractivity contribution in [3.63, 3.8) is 0 Å². The van der Waals surface area contributed by atoms with E-state index >= 15 is 0 Å². The summed E-state index contributed by atoms with van der Waals surface area (Å²) in [5, 5.41) is 5.32. The van der Waals surface area contributed by atoms with Crippen LogP contribution < -0.4 is 20.1 Å². The molecule has 0 atom stereocenters.